The fourth-order valence-corrected chi connectivity index (χ4v) is 0.635. The van der Waals surface area contributed by atoms with Crippen LogP contribution in [0.5, 0.6) is 0 Å². The predicted octanol–water partition coefficient (Wildman–Crippen LogP) is 2.90. The summed E-state index contributed by atoms with van der Waals surface area (Å²) in [6.45, 7) is 3.34. The van der Waals surface area contributed by atoms with Crippen LogP contribution >= 0.6 is 15.9 Å². The average molecular weight is 247 g/mol. The first-order valence-electron chi connectivity index (χ1n) is 3.38. The SMILES string of the molecule is C=CCCOCC(Br)C(F)(F)F. The molecule has 0 aliphatic carbocycles. The first-order valence-corrected chi connectivity index (χ1v) is 4.29. The number of ether oxygens (including phenoxy) is 1. The van der Waals surface area contributed by atoms with Crippen molar-refractivity contribution in [3.05, 3.63) is 12.7 Å². The molecule has 0 radical (unpaired) electrons. The highest BCUT2D eigenvalue weighted by molar-refractivity contribution is 9.09. The van der Waals surface area contributed by atoms with E-state index in [0.29, 0.717) is 6.42 Å². The molecule has 0 aliphatic rings. The molecule has 1 atom stereocenters. The average Bonchev–Trinajstić information content (AvgIpc) is 1.96. The Morgan fingerprint density at radius 3 is 2.50 bits per heavy atom. The molecule has 1 unspecified atom stereocenters. The summed E-state index contributed by atoms with van der Waals surface area (Å²) in [5, 5.41) is 0. The van der Waals surface area contributed by atoms with Gasteiger partial charge in [-0.05, 0) is 6.42 Å². The van der Waals surface area contributed by atoms with Crippen LogP contribution in [0.25, 0.3) is 0 Å². The lowest BCUT2D eigenvalue weighted by Crippen LogP contribution is -2.27. The van der Waals surface area contributed by atoms with Gasteiger partial charge in [0.1, 0.15) is 4.83 Å². The Hall–Kier alpha value is -0.0300. The second kappa shape index (κ2) is 5.59. The van der Waals surface area contributed by atoms with Crippen molar-refractivity contribution >= 4 is 15.9 Å². The Labute approximate surface area is 77.7 Å². The predicted molar refractivity (Wildman–Crippen MR) is 44.4 cm³/mol. The van der Waals surface area contributed by atoms with Crippen LogP contribution in [-0.4, -0.2) is 24.2 Å². The van der Waals surface area contributed by atoms with Gasteiger partial charge in [-0.15, -0.1) is 6.58 Å². The highest BCUT2D eigenvalue weighted by atomic mass is 79.9. The summed E-state index contributed by atoms with van der Waals surface area (Å²) < 4.78 is 40.2. The first-order chi connectivity index (χ1) is 5.48. The van der Waals surface area contributed by atoms with Crippen LogP contribution in [0.2, 0.25) is 0 Å². The summed E-state index contributed by atoms with van der Waals surface area (Å²) in [6, 6.07) is 0. The van der Waals surface area contributed by atoms with E-state index in [1.807, 2.05) is 0 Å². The van der Waals surface area contributed by atoms with Crippen molar-refractivity contribution in [3.8, 4) is 0 Å². The van der Waals surface area contributed by atoms with Crippen molar-refractivity contribution in [1.29, 1.82) is 0 Å². The molecule has 0 spiro atoms. The molecule has 0 N–H and O–H groups in total. The van der Waals surface area contributed by atoms with Crippen molar-refractivity contribution in [1.82, 2.24) is 0 Å². The minimum atomic E-state index is -4.23. The second-order valence-electron chi connectivity index (χ2n) is 2.16. The van der Waals surface area contributed by atoms with E-state index in [1.54, 1.807) is 6.08 Å². The highest BCUT2D eigenvalue weighted by Crippen LogP contribution is 2.26. The maximum Gasteiger partial charge on any atom is 0.403 e. The van der Waals surface area contributed by atoms with E-state index in [0.717, 1.165) is 0 Å². The van der Waals surface area contributed by atoms with Gasteiger partial charge in [-0.2, -0.15) is 13.2 Å². The molecule has 0 saturated heterocycles. The largest absolute Gasteiger partial charge is 0.403 e. The maximum atomic E-state index is 11.8. The molecule has 0 aromatic heterocycles. The number of alkyl halides is 4. The van der Waals surface area contributed by atoms with E-state index < -0.39 is 11.0 Å². The van der Waals surface area contributed by atoms with Gasteiger partial charge in [-0.1, -0.05) is 22.0 Å². The zero-order valence-corrected chi connectivity index (χ0v) is 7.99. The van der Waals surface area contributed by atoms with Gasteiger partial charge in [0, 0.05) is 0 Å². The first kappa shape index (κ1) is 12.0. The zero-order valence-electron chi connectivity index (χ0n) is 6.40. The monoisotopic (exact) mass is 246 g/mol. The third kappa shape index (κ3) is 5.60. The molecule has 0 aliphatic heterocycles. The summed E-state index contributed by atoms with van der Waals surface area (Å²) in [7, 11) is 0. The Kier molecular flexibility index (Phi) is 5.57. The molecular weight excluding hydrogens is 237 g/mol. The molecule has 12 heavy (non-hydrogen) atoms. The standard InChI is InChI=1S/C7H10BrF3O/c1-2-3-4-12-5-6(8)7(9,10)11/h2,6H,1,3-5H2. The fourth-order valence-electron chi connectivity index (χ4n) is 0.448. The molecule has 0 bridgehead atoms. The lowest BCUT2D eigenvalue weighted by molar-refractivity contribution is -0.137. The minimum absolute atomic E-state index is 0.279. The third-order valence-electron chi connectivity index (χ3n) is 1.09. The summed E-state index contributed by atoms with van der Waals surface area (Å²) in [5.41, 5.74) is 0. The van der Waals surface area contributed by atoms with Crippen molar-refractivity contribution in [3.63, 3.8) is 0 Å². The number of hydrogen-bond donors (Lipinski definition) is 0. The molecule has 5 heteroatoms. The normalized spacial score (nSPS) is 14.3. The van der Waals surface area contributed by atoms with Crippen LogP contribution < -0.4 is 0 Å². The molecule has 0 fully saturated rings. The van der Waals surface area contributed by atoms with Gasteiger partial charge in [-0.3, -0.25) is 0 Å². The Morgan fingerprint density at radius 2 is 2.08 bits per heavy atom. The topological polar surface area (TPSA) is 9.23 Å². The van der Waals surface area contributed by atoms with E-state index in [2.05, 4.69) is 22.5 Å². The van der Waals surface area contributed by atoms with Crippen LogP contribution in [-0.2, 0) is 4.74 Å². The summed E-state index contributed by atoms with van der Waals surface area (Å²) in [6.07, 6.45) is -2.07. The van der Waals surface area contributed by atoms with Gasteiger partial charge < -0.3 is 4.74 Å². The van der Waals surface area contributed by atoms with Crippen LogP contribution in [0.1, 0.15) is 6.42 Å². The van der Waals surface area contributed by atoms with E-state index in [-0.39, 0.29) is 13.2 Å². The number of halogens is 4. The van der Waals surface area contributed by atoms with E-state index in [9.17, 15) is 13.2 Å². The molecule has 0 saturated carbocycles. The number of hydrogen-bond acceptors (Lipinski definition) is 1. The highest BCUT2D eigenvalue weighted by Gasteiger charge is 2.37. The Balaban J connectivity index is 3.44. The Bertz CT molecular complexity index is 135. The van der Waals surface area contributed by atoms with Crippen molar-refractivity contribution in [2.45, 2.75) is 17.4 Å². The lowest BCUT2D eigenvalue weighted by Gasteiger charge is -2.13. The minimum Gasteiger partial charge on any atom is -0.380 e. The quantitative estimate of drug-likeness (QED) is 0.412. The smallest absolute Gasteiger partial charge is 0.380 e. The molecule has 72 valence electrons. The van der Waals surface area contributed by atoms with Crippen molar-refractivity contribution < 1.29 is 17.9 Å². The van der Waals surface area contributed by atoms with E-state index >= 15 is 0 Å². The molecular formula is C7H10BrF3O. The van der Waals surface area contributed by atoms with Gasteiger partial charge in [-0.25, -0.2) is 0 Å². The molecule has 0 amide bonds. The number of rotatable bonds is 5. The summed E-state index contributed by atoms with van der Waals surface area (Å²) in [5.74, 6) is 0. The summed E-state index contributed by atoms with van der Waals surface area (Å²) >= 11 is 2.47. The van der Waals surface area contributed by atoms with Gasteiger partial charge in [0.25, 0.3) is 0 Å². The molecule has 0 aromatic carbocycles. The Morgan fingerprint density at radius 1 is 1.50 bits per heavy atom. The fraction of sp³-hybridized carbons (Fsp3) is 0.714. The van der Waals surface area contributed by atoms with Crippen LogP contribution in [0.15, 0.2) is 12.7 Å². The van der Waals surface area contributed by atoms with Crippen LogP contribution in [0.4, 0.5) is 13.2 Å². The zero-order chi connectivity index (χ0) is 9.61. The van der Waals surface area contributed by atoms with E-state index in [1.165, 1.54) is 0 Å². The molecule has 0 aromatic rings. The third-order valence-corrected chi connectivity index (χ3v) is 1.87. The van der Waals surface area contributed by atoms with Gasteiger partial charge in [0.05, 0.1) is 13.2 Å². The van der Waals surface area contributed by atoms with Gasteiger partial charge in [0.2, 0.25) is 0 Å². The van der Waals surface area contributed by atoms with Gasteiger partial charge >= 0.3 is 6.18 Å². The molecule has 0 rings (SSSR count). The summed E-state index contributed by atoms with van der Waals surface area (Å²) in [4.78, 5) is -1.57. The molecule has 0 heterocycles. The van der Waals surface area contributed by atoms with Crippen LogP contribution in [0, 0.1) is 0 Å². The lowest BCUT2D eigenvalue weighted by atomic mass is 10.4. The van der Waals surface area contributed by atoms with Gasteiger partial charge in [0.15, 0.2) is 0 Å². The van der Waals surface area contributed by atoms with Crippen molar-refractivity contribution in [2.24, 2.45) is 0 Å². The van der Waals surface area contributed by atoms with Crippen LogP contribution in [0.3, 0.4) is 0 Å². The second-order valence-corrected chi connectivity index (χ2v) is 3.27. The van der Waals surface area contributed by atoms with E-state index in [4.69, 9.17) is 4.74 Å². The maximum absolute atomic E-state index is 11.8. The van der Waals surface area contributed by atoms with Crippen molar-refractivity contribution in [2.75, 3.05) is 13.2 Å². The molecule has 1 nitrogen and oxygen atoms in total.